The topological polar surface area (TPSA) is 32.7 Å². The normalized spacial score (nSPS) is 24.9. The Bertz CT molecular complexity index is 543. The predicted octanol–water partition coefficient (Wildman–Crippen LogP) is 3.24. The van der Waals surface area contributed by atoms with Crippen molar-refractivity contribution in [1.29, 1.82) is 0 Å². The number of thiophene rings is 1. The lowest BCUT2D eigenvalue weighted by Gasteiger charge is -2.37. The Hall–Kier alpha value is -1.20. The summed E-state index contributed by atoms with van der Waals surface area (Å²) in [5.41, 5.74) is 2.22. The quantitative estimate of drug-likeness (QED) is 0.941. The highest BCUT2D eigenvalue weighted by Crippen LogP contribution is 2.28. The highest BCUT2D eigenvalue weighted by Gasteiger charge is 2.28. The van der Waals surface area contributed by atoms with E-state index in [0.29, 0.717) is 6.54 Å². The van der Waals surface area contributed by atoms with Crippen LogP contribution in [0, 0.1) is 0 Å². The standard InChI is InChI=1S/C17H21NO2S/c1-13-9-18(10-16(19)14-5-3-2-4-6-14)11-17(20-13)15-7-8-21-12-15/h2-8,12-13,16-17,19H,9-11H2,1H3/t13-,16+,17-/m0/s1. The van der Waals surface area contributed by atoms with Crippen LogP contribution in [0.3, 0.4) is 0 Å². The van der Waals surface area contributed by atoms with Crippen LogP contribution in [0.2, 0.25) is 0 Å². The molecule has 0 unspecified atom stereocenters. The number of ether oxygens (including phenoxy) is 1. The van der Waals surface area contributed by atoms with E-state index in [1.807, 2.05) is 30.3 Å². The van der Waals surface area contributed by atoms with Crippen molar-refractivity contribution < 1.29 is 9.84 Å². The first-order chi connectivity index (χ1) is 10.2. The molecule has 2 heterocycles. The summed E-state index contributed by atoms with van der Waals surface area (Å²) in [5.74, 6) is 0. The molecule has 1 aliphatic heterocycles. The summed E-state index contributed by atoms with van der Waals surface area (Å²) in [7, 11) is 0. The van der Waals surface area contributed by atoms with E-state index in [9.17, 15) is 5.11 Å². The molecule has 1 saturated heterocycles. The van der Waals surface area contributed by atoms with Gasteiger partial charge in [-0.15, -0.1) is 0 Å². The molecular formula is C17H21NO2S. The first-order valence-electron chi connectivity index (χ1n) is 7.35. The molecular weight excluding hydrogens is 282 g/mol. The number of morpholine rings is 1. The van der Waals surface area contributed by atoms with Crippen molar-refractivity contribution in [1.82, 2.24) is 4.90 Å². The summed E-state index contributed by atoms with van der Waals surface area (Å²) in [6.45, 7) is 4.45. The molecule has 112 valence electrons. The summed E-state index contributed by atoms with van der Waals surface area (Å²) < 4.78 is 6.03. The molecule has 0 aliphatic carbocycles. The molecule has 1 fully saturated rings. The molecule has 0 radical (unpaired) electrons. The Balaban J connectivity index is 1.65. The maximum atomic E-state index is 10.4. The first-order valence-corrected chi connectivity index (χ1v) is 8.29. The van der Waals surface area contributed by atoms with E-state index < -0.39 is 6.10 Å². The number of hydrogen-bond donors (Lipinski definition) is 1. The van der Waals surface area contributed by atoms with Gasteiger partial charge in [-0.25, -0.2) is 0 Å². The molecule has 1 aliphatic rings. The van der Waals surface area contributed by atoms with Gasteiger partial charge in [0.25, 0.3) is 0 Å². The van der Waals surface area contributed by atoms with Gasteiger partial charge < -0.3 is 9.84 Å². The minimum Gasteiger partial charge on any atom is -0.387 e. The molecule has 0 amide bonds. The van der Waals surface area contributed by atoms with Gasteiger partial charge in [-0.3, -0.25) is 4.90 Å². The fraction of sp³-hybridized carbons (Fsp3) is 0.412. The van der Waals surface area contributed by atoms with E-state index in [1.165, 1.54) is 5.56 Å². The molecule has 1 N–H and O–H groups in total. The lowest BCUT2D eigenvalue weighted by Crippen LogP contribution is -2.44. The van der Waals surface area contributed by atoms with Gasteiger partial charge in [0.1, 0.15) is 0 Å². The van der Waals surface area contributed by atoms with E-state index in [4.69, 9.17) is 4.74 Å². The van der Waals surface area contributed by atoms with Gasteiger partial charge in [-0.05, 0) is 34.9 Å². The van der Waals surface area contributed by atoms with Crippen molar-refractivity contribution in [3.05, 3.63) is 58.3 Å². The molecule has 2 aromatic rings. The van der Waals surface area contributed by atoms with Gasteiger partial charge >= 0.3 is 0 Å². The summed E-state index contributed by atoms with van der Waals surface area (Å²) in [5, 5.41) is 14.6. The van der Waals surface area contributed by atoms with Crippen molar-refractivity contribution in [3.8, 4) is 0 Å². The van der Waals surface area contributed by atoms with Crippen molar-refractivity contribution >= 4 is 11.3 Å². The fourth-order valence-corrected chi connectivity index (χ4v) is 3.56. The summed E-state index contributed by atoms with van der Waals surface area (Å²) >= 11 is 1.70. The number of β-amino-alcohol motifs (C(OH)–C–C–N with tert-alkyl or cyclic N) is 1. The molecule has 3 nitrogen and oxygen atoms in total. The Morgan fingerprint density at radius 3 is 2.81 bits per heavy atom. The van der Waals surface area contributed by atoms with Crippen LogP contribution in [0.15, 0.2) is 47.2 Å². The van der Waals surface area contributed by atoms with Crippen LogP contribution in [-0.4, -0.2) is 35.7 Å². The Morgan fingerprint density at radius 1 is 1.29 bits per heavy atom. The largest absolute Gasteiger partial charge is 0.387 e. The maximum Gasteiger partial charge on any atom is 0.0964 e. The van der Waals surface area contributed by atoms with Crippen LogP contribution in [0.25, 0.3) is 0 Å². The molecule has 3 atom stereocenters. The zero-order valence-corrected chi connectivity index (χ0v) is 13.0. The molecule has 0 saturated carbocycles. The lowest BCUT2D eigenvalue weighted by atomic mass is 10.1. The van der Waals surface area contributed by atoms with E-state index in [0.717, 1.165) is 18.7 Å². The Morgan fingerprint density at radius 2 is 2.10 bits per heavy atom. The van der Waals surface area contributed by atoms with Crippen LogP contribution < -0.4 is 0 Å². The molecule has 1 aromatic carbocycles. The second kappa shape index (κ2) is 6.71. The zero-order chi connectivity index (χ0) is 14.7. The predicted molar refractivity (Wildman–Crippen MR) is 85.4 cm³/mol. The third-order valence-electron chi connectivity index (χ3n) is 3.87. The molecule has 21 heavy (non-hydrogen) atoms. The number of nitrogens with zero attached hydrogens (tertiary/aromatic N) is 1. The smallest absolute Gasteiger partial charge is 0.0964 e. The van der Waals surface area contributed by atoms with Gasteiger partial charge in [0.2, 0.25) is 0 Å². The number of benzene rings is 1. The van der Waals surface area contributed by atoms with E-state index >= 15 is 0 Å². The highest BCUT2D eigenvalue weighted by atomic mass is 32.1. The third-order valence-corrected chi connectivity index (χ3v) is 4.57. The second-order valence-corrected chi connectivity index (χ2v) is 6.42. The van der Waals surface area contributed by atoms with Crippen LogP contribution >= 0.6 is 11.3 Å². The van der Waals surface area contributed by atoms with Crippen molar-refractivity contribution in [3.63, 3.8) is 0 Å². The number of hydrogen-bond acceptors (Lipinski definition) is 4. The monoisotopic (exact) mass is 303 g/mol. The van der Waals surface area contributed by atoms with Crippen LogP contribution in [-0.2, 0) is 4.74 Å². The maximum absolute atomic E-state index is 10.4. The number of rotatable bonds is 4. The van der Waals surface area contributed by atoms with Crippen molar-refractivity contribution in [2.75, 3.05) is 19.6 Å². The minimum atomic E-state index is -0.445. The van der Waals surface area contributed by atoms with Gasteiger partial charge in [0.05, 0.1) is 18.3 Å². The van der Waals surface area contributed by atoms with Crippen LogP contribution in [0.4, 0.5) is 0 Å². The average Bonchev–Trinajstić information content (AvgIpc) is 3.02. The highest BCUT2D eigenvalue weighted by molar-refractivity contribution is 7.07. The van der Waals surface area contributed by atoms with Gasteiger partial charge in [0, 0.05) is 19.6 Å². The van der Waals surface area contributed by atoms with Crippen LogP contribution in [0.5, 0.6) is 0 Å². The number of aliphatic hydroxyl groups is 1. The number of aliphatic hydroxyl groups excluding tert-OH is 1. The Kier molecular flexibility index (Phi) is 4.70. The van der Waals surface area contributed by atoms with Crippen molar-refractivity contribution in [2.24, 2.45) is 0 Å². The lowest BCUT2D eigenvalue weighted by molar-refractivity contribution is -0.0868. The Labute approximate surface area is 129 Å². The zero-order valence-electron chi connectivity index (χ0n) is 12.2. The van der Waals surface area contributed by atoms with Gasteiger partial charge in [0.15, 0.2) is 0 Å². The molecule has 3 rings (SSSR count). The average molecular weight is 303 g/mol. The van der Waals surface area contributed by atoms with Gasteiger partial charge in [-0.1, -0.05) is 30.3 Å². The second-order valence-electron chi connectivity index (χ2n) is 5.64. The van der Waals surface area contributed by atoms with Crippen LogP contribution in [0.1, 0.15) is 30.3 Å². The van der Waals surface area contributed by atoms with E-state index in [1.54, 1.807) is 11.3 Å². The summed E-state index contributed by atoms with van der Waals surface area (Å²) in [4.78, 5) is 2.30. The molecule has 0 bridgehead atoms. The molecule has 4 heteroatoms. The van der Waals surface area contributed by atoms with E-state index in [2.05, 4.69) is 28.7 Å². The van der Waals surface area contributed by atoms with Crippen molar-refractivity contribution in [2.45, 2.75) is 25.2 Å². The molecule has 0 spiro atoms. The van der Waals surface area contributed by atoms with Gasteiger partial charge in [-0.2, -0.15) is 11.3 Å². The third kappa shape index (κ3) is 3.71. The first kappa shape index (κ1) is 14.7. The minimum absolute atomic E-state index is 0.114. The molecule has 1 aromatic heterocycles. The summed E-state index contributed by atoms with van der Waals surface area (Å²) in [6.07, 6.45) is -0.144. The fourth-order valence-electron chi connectivity index (χ4n) is 2.86. The summed E-state index contributed by atoms with van der Waals surface area (Å²) in [6, 6.07) is 12.0. The SMILES string of the molecule is C[C@H]1CN(C[C@@H](O)c2ccccc2)C[C@@H](c2ccsc2)O1. The van der Waals surface area contributed by atoms with E-state index in [-0.39, 0.29) is 12.2 Å².